The van der Waals surface area contributed by atoms with E-state index < -0.39 is 0 Å². The Morgan fingerprint density at radius 2 is 1.86 bits per heavy atom. The van der Waals surface area contributed by atoms with E-state index in [1.54, 1.807) is 0 Å². The molecule has 4 nitrogen and oxygen atoms in total. The van der Waals surface area contributed by atoms with E-state index in [1.807, 2.05) is 0 Å². The van der Waals surface area contributed by atoms with Crippen molar-refractivity contribution < 1.29 is 9.53 Å². The Morgan fingerprint density at radius 1 is 1.10 bits per heavy atom. The van der Waals surface area contributed by atoms with Gasteiger partial charge in [0.2, 0.25) is 0 Å². The molecule has 0 N–H and O–H groups in total. The highest BCUT2D eigenvalue weighted by Gasteiger charge is 2.30. The second-order valence-electron chi connectivity index (χ2n) is 7.28. The van der Waals surface area contributed by atoms with Gasteiger partial charge in [-0.25, -0.2) is 0 Å². The number of nitrogens with zero attached hydrogens (tertiary/aromatic N) is 2. The van der Waals surface area contributed by atoms with Crippen molar-refractivity contribution in [3.8, 4) is 0 Å². The first-order valence-electron chi connectivity index (χ1n) is 8.76. The number of carbonyl (C=O) groups is 1. The predicted octanol–water partition coefficient (Wildman–Crippen LogP) is 1.79. The van der Waals surface area contributed by atoms with Crippen LogP contribution < -0.4 is 0 Å². The summed E-state index contributed by atoms with van der Waals surface area (Å²) < 4.78 is 6.12. The second-order valence-corrected chi connectivity index (χ2v) is 7.28. The van der Waals surface area contributed by atoms with Crippen LogP contribution in [-0.4, -0.2) is 68.1 Å². The van der Waals surface area contributed by atoms with Crippen LogP contribution in [0.3, 0.4) is 0 Å². The topological polar surface area (TPSA) is 32.8 Å². The molecule has 3 aliphatic rings. The molecule has 0 radical (unpaired) electrons. The number of Topliss-reactive ketones (excluding diaryl/α,β-unsaturated/α-hetero) is 1. The maximum absolute atomic E-state index is 11.7. The normalized spacial score (nSPS) is 29.1. The molecule has 4 heteroatoms. The number of hydrogen-bond donors (Lipinski definition) is 0. The number of likely N-dealkylation sites (tertiary alicyclic amines) is 2. The van der Waals surface area contributed by atoms with Gasteiger partial charge in [-0.15, -0.1) is 0 Å². The molecule has 3 rings (SSSR count). The number of ether oxygens (including phenoxy) is 1. The van der Waals surface area contributed by atoms with Crippen molar-refractivity contribution in [3.63, 3.8) is 0 Å². The zero-order valence-electron chi connectivity index (χ0n) is 13.4. The number of ketones is 1. The lowest BCUT2D eigenvalue weighted by Crippen LogP contribution is -2.38. The Hall–Kier alpha value is -0.450. The van der Waals surface area contributed by atoms with Crippen molar-refractivity contribution in [3.05, 3.63) is 0 Å². The molecule has 0 aromatic heterocycles. The third-order valence-corrected chi connectivity index (χ3v) is 5.30. The average Bonchev–Trinajstić information content (AvgIpc) is 3.27. The smallest absolute Gasteiger partial charge is 0.137 e. The van der Waals surface area contributed by atoms with Crippen LogP contribution in [0.2, 0.25) is 0 Å². The maximum atomic E-state index is 11.7. The first kappa shape index (κ1) is 15.4. The molecule has 0 aromatic rings. The maximum Gasteiger partial charge on any atom is 0.137 e. The summed E-state index contributed by atoms with van der Waals surface area (Å²) in [6.07, 6.45) is 7.08. The summed E-state index contributed by atoms with van der Waals surface area (Å²) in [5, 5.41) is 0. The second kappa shape index (κ2) is 7.21. The molecule has 3 fully saturated rings. The van der Waals surface area contributed by atoms with Crippen LogP contribution in [0, 0.1) is 11.8 Å². The summed E-state index contributed by atoms with van der Waals surface area (Å²) >= 11 is 0. The van der Waals surface area contributed by atoms with Gasteiger partial charge in [0.1, 0.15) is 5.78 Å². The lowest BCUT2D eigenvalue weighted by Gasteiger charge is -2.32. The number of carbonyl (C=O) groups excluding carboxylic acids is 1. The van der Waals surface area contributed by atoms with E-state index in [0.29, 0.717) is 17.8 Å². The third kappa shape index (κ3) is 4.76. The van der Waals surface area contributed by atoms with Crippen LogP contribution in [0.1, 0.15) is 38.5 Å². The first-order valence-corrected chi connectivity index (χ1v) is 8.76. The standard InChI is InChI=1S/C17H30N2O2/c1-18-8-4-14(12-18)13-21-16-5-9-19(10-6-16)11-7-17(20)15-2-3-15/h14-16H,2-13H2,1H3. The van der Waals surface area contributed by atoms with Gasteiger partial charge in [0.25, 0.3) is 0 Å². The molecule has 0 spiro atoms. The number of piperidine rings is 1. The van der Waals surface area contributed by atoms with E-state index >= 15 is 0 Å². The van der Waals surface area contributed by atoms with Crippen LogP contribution in [0.15, 0.2) is 0 Å². The van der Waals surface area contributed by atoms with Gasteiger partial charge in [-0.2, -0.15) is 0 Å². The summed E-state index contributed by atoms with van der Waals surface area (Å²) in [5.41, 5.74) is 0. The Morgan fingerprint density at radius 3 is 2.48 bits per heavy atom. The summed E-state index contributed by atoms with van der Waals surface area (Å²) in [6.45, 7) is 6.54. The summed E-state index contributed by atoms with van der Waals surface area (Å²) in [4.78, 5) is 16.6. The van der Waals surface area contributed by atoms with E-state index in [1.165, 1.54) is 19.5 Å². The monoisotopic (exact) mass is 294 g/mol. The molecule has 1 aliphatic carbocycles. The minimum absolute atomic E-state index is 0.426. The molecule has 1 atom stereocenters. The zero-order valence-corrected chi connectivity index (χ0v) is 13.4. The Bertz CT molecular complexity index is 349. The first-order chi connectivity index (χ1) is 10.2. The van der Waals surface area contributed by atoms with Gasteiger partial charge < -0.3 is 14.5 Å². The summed E-state index contributed by atoms with van der Waals surface area (Å²) in [7, 11) is 2.20. The summed E-state index contributed by atoms with van der Waals surface area (Å²) in [5.74, 6) is 1.67. The van der Waals surface area contributed by atoms with Crippen LogP contribution >= 0.6 is 0 Å². The zero-order chi connectivity index (χ0) is 14.7. The van der Waals surface area contributed by atoms with Crippen LogP contribution in [0.4, 0.5) is 0 Å². The van der Waals surface area contributed by atoms with E-state index in [-0.39, 0.29) is 0 Å². The Labute approximate surface area is 128 Å². The molecule has 1 saturated carbocycles. The van der Waals surface area contributed by atoms with Gasteiger partial charge in [0.05, 0.1) is 12.7 Å². The van der Waals surface area contributed by atoms with E-state index in [0.717, 1.165) is 64.3 Å². The molecule has 21 heavy (non-hydrogen) atoms. The lowest BCUT2D eigenvalue weighted by molar-refractivity contribution is -0.120. The van der Waals surface area contributed by atoms with Crippen molar-refractivity contribution in [2.45, 2.75) is 44.6 Å². The highest BCUT2D eigenvalue weighted by Crippen LogP contribution is 2.31. The van der Waals surface area contributed by atoms with Gasteiger partial charge in [-0.05, 0) is 51.6 Å². The van der Waals surface area contributed by atoms with Gasteiger partial charge in [-0.3, -0.25) is 4.79 Å². The molecule has 2 aliphatic heterocycles. The van der Waals surface area contributed by atoms with Crippen molar-refractivity contribution in [2.24, 2.45) is 11.8 Å². The Kier molecular flexibility index (Phi) is 5.30. The quantitative estimate of drug-likeness (QED) is 0.717. The highest BCUT2D eigenvalue weighted by atomic mass is 16.5. The SMILES string of the molecule is CN1CCC(COC2CCN(CCC(=O)C3CC3)CC2)C1. The van der Waals surface area contributed by atoms with E-state index in [2.05, 4.69) is 16.8 Å². The number of hydrogen-bond acceptors (Lipinski definition) is 4. The minimum Gasteiger partial charge on any atom is -0.378 e. The fraction of sp³-hybridized carbons (Fsp3) is 0.941. The molecular weight excluding hydrogens is 264 g/mol. The molecule has 120 valence electrons. The van der Waals surface area contributed by atoms with Crippen molar-refractivity contribution in [1.82, 2.24) is 9.80 Å². The predicted molar refractivity (Wildman–Crippen MR) is 83.4 cm³/mol. The van der Waals surface area contributed by atoms with Gasteiger partial charge >= 0.3 is 0 Å². The molecule has 0 amide bonds. The fourth-order valence-electron chi connectivity index (χ4n) is 3.61. The molecule has 0 bridgehead atoms. The van der Waals surface area contributed by atoms with Gasteiger partial charge in [0, 0.05) is 38.5 Å². The van der Waals surface area contributed by atoms with Crippen molar-refractivity contribution >= 4 is 5.78 Å². The number of rotatable bonds is 7. The van der Waals surface area contributed by atoms with E-state index in [9.17, 15) is 4.79 Å². The molecule has 0 aromatic carbocycles. The lowest BCUT2D eigenvalue weighted by atomic mass is 10.1. The van der Waals surface area contributed by atoms with Crippen LogP contribution in [0.5, 0.6) is 0 Å². The van der Waals surface area contributed by atoms with Gasteiger partial charge in [-0.1, -0.05) is 0 Å². The third-order valence-electron chi connectivity index (χ3n) is 5.30. The highest BCUT2D eigenvalue weighted by molar-refractivity contribution is 5.83. The fourth-order valence-corrected chi connectivity index (χ4v) is 3.61. The minimum atomic E-state index is 0.426. The molecule has 2 saturated heterocycles. The van der Waals surface area contributed by atoms with Crippen molar-refractivity contribution in [1.29, 1.82) is 0 Å². The van der Waals surface area contributed by atoms with Gasteiger partial charge in [0.15, 0.2) is 0 Å². The summed E-state index contributed by atoms with van der Waals surface area (Å²) in [6, 6.07) is 0. The Balaban J connectivity index is 1.27. The van der Waals surface area contributed by atoms with Crippen molar-refractivity contribution in [2.75, 3.05) is 46.4 Å². The van der Waals surface area contributed by atoms with Crippen LogP contribution in [0.25, 0.3) is 0 Å². The van der Waals surface area contributed by atoms with Crippen LogP contribution in [-0.2, 0) is 9.53 Å². The largest absolute Gasteiger partial charge is 0.378 e. The average molecular weight is 294 g/mol. The molecule has 1 unspecified atom stereocenters. The molecular formula is C17H30N2O2. The molecule has 2 heterocycles. The van der Waals surface area contributed by atoms with E-state index in [4.69, 9.17) is 4.74 Å².